The number of carbonyl (C=O) groups excluding carboxylic acids is 2. The Morgan fingerprint density at radius 1 is 1.03 bits per heavy atom. The summed E-state index contributed by atoms with van der Waals surface area (Å²) in [4.78, 5) is 23.9. The lowest BCUT2D eigenvalue weighted by atomic mass is 10.2. The first-order chi connectivity index (χ1) is 14.2. The average Bonchev–Trinajstić information content (AvgIpc) is 2.66. The third-order valence-corrected chi connectivity index (χ3v) is 5.38. The second-order valence-corrected chi connectivity index (χ2v) is 9.05. The number of benzene rings is 2. The molecule has 0 aliphatic heterocycles. The van der Waals surface area contributed by atoms with Crippen LogP contribution in [0.1, 0.15) is 20.3 Å². The smallest absolute Gasteiger partial charge is 0.411 e. The SMILES string of the molecule is CC(C)COC(=O)Nc1cccc(NC(=O)CCNS(=O)(=O)c2cccc(Cl)c2)c1. The van der Waals surface area contributed by atoms with Crippen molar-refractivity contribution in [2.45, 2.75) is 25.2 Å². The Balaban J connectivity index is 1.84. The predicted molar refractivity (Wildman–Crippen MR) is 116 cm³/mol. The molecule has 2 amide bonds. The largest absolute Gasteiger partial charge is 0.449 e. The maximum absolute atomic E-state index is 12.2. The molecule has 0 spiro atoms. The Kier molecular flexibility index (Phi) is 8.64. The van der Waals surface area contributed by atoms with Gasteiger partial charge in [-0.3, -0.25) is 10.1 Å². The van der Waals surface area contributed by atoms with E-state index in [1.165, 1.54) is 18.2 Å². The average molecular weight is 454 g/mol. The van der Waals surface area contributed by atoms with Crippen molar-refractivity contribution in [3.05, 3.63) is 53.6 Å². The molecule has 0 radical (unpaired) electrons. The summed E-state index contributed by atoms with van der Waals surface area (Å²) in [6, 6.07) is 12.4. The van der Waals surface area contributed by atoms with Crippen molar-refractivity contribution in [3.63, 3.8) is 0 Å². The third-order valence-electron chi connectivity index (χ3n) is 3.69. The summed E-state index contributed by atoms with van der Waals surface area (Å²) >= 11 is 5.81. The summed E-state index contributed by atoms with van der Waals surface area (Å²) in [7, 11) is -3.76. The molecule has 2 rings (SSSR count). The fourth-order valence-corrected chi connectivity index (χ4v) is 3.64. The van der Waals surface area contributed by atoms with Crippen LogP contribution in [0.25, 0.3) is 0 Å². The van der Waals surface area contributed by atoms with E-state index < -0.39 is 16.1 Å². The van der Waals surface area contributed by atoms with Crippen molar-refractivity contribution >= 4 is 45.0 Å². The predicted octanol–water partition coefficient (Wildman–Crippen LogP) is 3.85. The number of nitrogens with one attached hydrogen (secondary N) is 3. The van der Waals surface area contributed by atoms with Crippen LogP contribution < -0.4 is 15.4 Å². The van der Waals surface area contributed by atoms with Crippen molar-refractivity contribution in [3.8, 4) is 0 Å². The van der Waals surface area contributed by atoms with E-state index in [9.17, 15) is 18.0 Å². The zero-order valence-electron chi connectivity index (χ0n) is 16.6. The maximum atomic E-state index is 12.2. The number of hydrogen-bond donors (Lipinski definition) is 3. The van der Waals surface area contributed by atoms with Crippen LogP contribution in [0.4, 0.5) is 16.2 Å². The Bertz CT molecular complexity index is 995. The molecule has 30 heavy (non-hydrogen) atoms. The molecular weight excluding hydrogens is 430 g/mol. The summed E-state index contributed by atoms with van der Waals surface area (Å²) in [5.74, 6) is -0.166. The standard InChI is InChI=1S/C20H24ClN3O5S/c1-14(2)13-29-20(26)24-17-7-4-6-16(12-17)23-19(25)9-10-22-30(27,28)18-8-3-5-15(21)11-18/h3-8,11-12,14,22H,9-10,13H2,1-2H3,(H,23,25)(H,24,26). The van der Waals surface area contributed by atoms with Gasteiger partial charge >= 0.3 is 6.09 Å². The lowest BCUT2D eigenvalue weighted by molar-refractivity contribution is -0.116. The monoisotopic (exact) mass is 453 g/mol. The lowest BCUT2D eigenvalue weighted by Gasteiger charge is -2.11. The first-order valence-corrected chi connectivity index (χ1v) is 11.1. The minimum atomic E-state index is -3.76. The van der Waals surface area contributed by atoms with Crippen LogP contribution in [0.2, 0.25) is 5.02 Å². The highest BCUT2D eigenvalue weighted by Crippen LogP contribution is 2.17. The highest BCUT2D eigenvalue weighted by atomic mass is 35.5. The zero-order valence-corrected chi connectivity index (χ0v) is 18.2. The van der Waals surface area contributed by atoms with Crippen LogP contribution >= 0.6 is 11.6 Å². The van der Waals surface area contributed by atoms with Crippen LogP contribution in [0.5, 0.6) is 0 Å². The number of rotatable bonds is 9. The van der Waals surface area contributed by atoms with E-state index >= 15 is 0 Å². The summed E-state index contributed by atoms with van der Waals surface area (Å²) in [5, 5.41) is 5.54. The van der Waals surface area contributed by atoms with Crippen LogP contribution in [-0.4, -0.2) is 33.6 Å². The Morgan fingerprint density at radius 3 is 2.37 bits per heavy atom. The Hall–Kier alpha value is -2.62. The van der Waals surface area contributed by atoms with Crippen molar-refractivity contribution < 1.29 is 22.7 Å². The molecule has 0 atom stereocenters. The molecule has 0 aliphatic rings. The third kappa shape index (κ3) is 8.02. The number of ether oxygens (including phenoxy) is 1. The van der Waals surface area contributed by atoms with Gasteiger partial charge in [-0.25, -0.2) is 17.9 Å². The lowest BCUT2D eigenvalue weighted by Crippen LogP contribution is -2.27. The number of hydrogen-bond acceptors (Lipinski definition) is 5. The number of sulfonamides is 1. The molecule has 0 fully saturated rings. The van der Waals surface area contributed by atoms with Gasteiger partial charge in [-0.2, -0.15) is 0 Å². The van der Waals surface area contributed by atoms with Crippen LogP contribution in [-0.2, 0) is 19.6 Å². The van der Waals surface area contributed by atoms with E-state index in [2.05, 4.69) is 15.4 Å². The molecule has 10 heteroatoms. The highest BCUT2D eigenvalue weighted by molar-refractivity contribution is 7.89. The van der Waals surface area contributed by atoms with Gasteiger partial charge in [0.15, 0.2) is 0 Å². The van der Waals surface area contributed by atoms with Crippen molar-refractivity contribution in [1.82, 2.24) is 4.72 Å². The van der Waals surface area contributed by atoms with Crippen LogP contribution in [0.3, 0.4) is 0 Å². The van der Waals surface area contributed by atoms with Gasteiger partial charge in [-0.1, -0.05) is 37.6 Å². The molecule has 0 saturated carbocycles. The zero-order chi connectivity index (χ0) is 22.1. The minimum absolute atomic E-state index is 0.0264. The van der Waals surface area contributed by atoms with Gasteiger partial charge < -0.3 is 10.1 Å². The summed E-state index contributed by atoms with van der Waals surface area (Å²) in [6.07, 6.45) is -0.656. The minimum Gasteiger partial charge on any atom is -0.449 e. The molecule has 0 aliphatic carbocycles. The molecule has 0 unspecified atom stereocenters. The number of carbonyl (C=O) groups is 2. The van der Waals surface area contributed by atoms with Crippen molar-refractivity contribution in [2.75, 3.05) is 23.8 Å². The fraction of sp³-hybridized carbons (Fsp3) is 0.300. The van der Waals surface area contributed by atoms with Crippen LogP contribution in [0, 0.1) is 5.92 Å². The van der Waals surface area contributed by atoms with Crippen molar-refractivity contribution in [2.24, 2.45) is 5.92 Å². The first-order valence-electron chi connectivity index (χ1n) is 9.24. The van der Waals surface area contributed by atoms with E-state index in [0.717, 1.165) is 0 Å². The maximum Gasteiger partial charge on any atom is 0.411 e. The van der Waals surface area contributed by atoms with Gasteiger partial charge in [0.25, 0.3) is 0 Å². The molecule has 162 valence electrons. The summed E-state index contributed by atoms with van der Waals surface area (Å²) in [6.45, 7) is 4.07. The summed E-state index contributed by atoms with van der Waals surface area (Å²) < 4.78 is 31.8. The van der Waals surface area contributed by atoms with E-state index in [4.69, 9.17) is 16.3 Å². The molecule has 0 aromatic heterocycles. The topological polar surface area (TPSA) is 114 Å². The molecule has 8 nitrogen and oxygen atoms in total. The molecule has 0 bridgehead atoms. The highest BCUT2D eigenvalue weighted by Gasteiger charge is 2.14. The molecule has 0 saturated heterocycles. The van der Waals surface area contributed by atoms with Crippen molar-refractivity contribution in [1.29, 1.82) is 0 Å². The van der Waals surface area contributed by atoms with E-state index in [1.807, 2.05) is 13.8 Å². The fourth-order valence-electron chi connectivity index (χ4n) is 2.31. The number of anilines is 2. The van der Waals surface area contributed by atoms with E-state index in [0.29, 0.717) is 23.0 Å². The second kappa shape index (κ2) is 11.0. The van der Waals surface area contributed by atoms with Gasteiger partial charge in [0.2, 0.25) is 15.9 Å². The molecule has 2 aromatic rings. The molecule has 2 aromatic carbocycles. The Labute approximate surface area is 181 Å². The second-order valence-electron chi connectivity index (χ2n) is 6.85. The van der Waals surface area contributed by atoms with Gasteiger partial charge in [-0.05, 0) is 42.3 Å². The van der Waals surface area contributed by atoms with Crippen LogP contribution in [0.15, 0.2) is 53.4 Å². The van der Waals surface area contributed by atoms with Gasteiger partial charge in [0, 0.05) is 29.4 Å². The quantitative estimate of drug-likeness (QED) is 0.533. The van der Waals surface area contributed by atoms with Gasteiger partial charge in [-0.15, -0.1) is 0 Å². The molecular formula is C20H24ClN3O5S. The van der Waals surface area contributed by atoms with Gasteiger partial charge in [0.1, 0.15) is 0 Å². The van der Waals surface area contributed by atoms with E-state index in [1.54, 1.807) is 30.3 Å². The number of amides is 2. The number of halogens is 1. The van der Waals surface area contributed by atoms with E-state index in [-0.39, 0.29) is 29.7 Å². The molecule has 0 heterocycles. The summed E-state index contributed by atoms with van der Waals surface area (Å²) in [5.41, 5.74) is 0.919. The molecule has 3 N–H and O–H groups in total. The van der Waals surface area contributed by atoms with Gasteiger partial charge in [0.05, 0.1) is 11.5 Å². The normalized spacial score (nSPS) is 11.2. The first kappa shape index (κ1) is 23.7. The Morgan fingerprint density at radius 2 is 1.70 bits per heavy atom.